The molecule has 9 aromatic rings. The summed E-state index contributed by atoms with van der Waals surface area (Å²) in [5, 5.41) is 13.2. The number of hydrogen-bond acceptors (Lipinski definition) is 0. The maximum absolute atomic E-state index is 3.30. The van der Waals surface area contributed by atoms with E-state index < -0.39 is 8.07 Å². The average molecular weight is 715 g/mol. The first-order valence-electron chi connectivity index (χ1n) is 19.5. The van der Waals surface area contributed by atoms with E-state index in [0.717, 1.165) is 11.8 Å². The van der Waals surface area contributed by atoms with E-state index in [1.807, 2.05) is 6.07 Å². The standard InChI is InChI=1S/C54H38Si/c1-55(2)51-26-14-13-21-43(51)48-33-49-50(34-52(48)55)54(45-23-10-8-20-42(45)40-30-28-36-16-4-6-18-38(36)32-40)47-25-12-11-24-46(47)53(49)44-22-9-7-19-41(44)39-29-27-35-15-3-5-17-37(35)31-39/h4-14,16-21,23-34,44H,22H2,1-2H3. The molecule has 1 heterocycles. The zero-order chi connectivity index (χ0) is 36.7. The van der Waals surface area contributed by atoms with E-state index in [1.54, 1.807) is 0 Å². The SMILES string of the molecule is C[Si]1(C)c2ccccc2-c2cc3c(C4CC=CC=C4c4ccc5c#cccc5c4)c4ccccc4c(-c4ccccc4-c4ccc5ccccc5c4)c3cc21. The molecular formula is C54H38Si. The van der Waals surface area contributed by atoms with E-state index >= 15 is 0 Å². The van der Waals surface area contributed by atoms with Gasteiger partial charge in [0.25, 0.3) is 0 Å². The van der Waals surface area contributed by atoms with E-state index in [1.165, 1.54) is 98.2 Å². The molecule has 1 aliphatic heterocycles. The van der Waals surface area contributed by atoms with Crippen LogP contribution < -0.4 is 10.4 Å². The summed E-state index contributed by atoms with van der Waals surface area (Å²) >= 11 is 0. The van der Waals surface area contributed by atoms with Crippen LogP contribution in [0.2, 0.25) is 13.1 Å². The Labute approximate surface area is 323 Å². The molecule has 0 amide bonds. The van der Waals surface area contributed by atoms with Crippen LogP contribution in [0.3, 0.4) is 0 Å². The first kappa shape index (κ1) is 32.0. The van der Waals surface area contributed by atoms with Crippen LogP contribution in [0.15, 0.2) is 176 Å². The summed E-state index contributed by atoms with van der Waals surface area (Å²) in [7, 11) is -1.98. The highest BCUT2D eigenvalue weighted by atomic mass is 28.3. The Morgan fingerprint density at radius 2 is 1.25 bits per heavy atom. The second-order valence-electron chi connectivity index (χ2n) is 15.8. The lowest BCUT2D eigenvalue weighted by molar-refractivity contribution is 0.890. The molecule has 0 saturated heterocycles. The zero-order valence-corrected chi connectivity index (χ0v) is 32.0. The van der Waals surface area contributed by atoms with Crippen molar-refractivity contribution in [1.29, 1.82) is 0 Å². The normalized spacial score (nSPS) is 15.6. The molecule has 0 saturated carbocycles. The molecule has 1 unspecified atom stereocenters. The van der Waals surface area contributed by atoms with Gasteiger partial charge < -0.3 is 0 Å². The molecule has 1 aliphatic carbocycles. The van der Waals surface area contributed by atoms with Gasteiger partial charge in [0.2, 0.25) is 0 Å². The summed E-state index contributed by atoms with van der Waals surface area (Å²) in [6, 6.07) is 65.8. The van der Waals surface area contributed by atoms with Crippen molar-refractivity contribution in [2.75, 3.05) is 0 Å². The van der Waals surface area contributed by atoms with Crippen molar-refractivity contribution in [1.82, 2.24) is 0 Å². The third kappa shape index (κ3) is 4.92. The van der Waals surface area contributed by atoms with Gasteiger partial charge in [0, 0.05) is 11.3 Å². The van der Waals surface area contributed by atoms with Crippen LogP contribution >= 0.6 is 0 Å². The van der Waals surface area contributed by atoms with Gasteiger partial charge in [-0.25, -0.2) is 0 Å². The highest BCUT2D eigenvalue weighted by Crippen LogP contribution is 2.50. The van der Waals surface area contributed by atoms with E-state index in [2.05, 4.69) is 195 Å². The van der Waals surface area contributed by atoms with Gasteiger partial charge >= 0.3 is 0 Å². The second-order valence-corrected chi connectivity index (χ2v) is 20.1. The minimum absolute atomic E-state index is 0.179. The van der Waals surface area contributed by atoms with Gasteiger partial charge in [-0.1, -0.05) is 165 Å². The van der Waals surface area contributed by atoms with Crippen molar-refractivity contribution >= 4 is 67.1 Å². The Hall–Kier alpha value is -6.46. The minimum atomic E-state index is -1.98. The molecule has 9 aromatic carbocycles. The van der Waals surface area contributed by atoms with Crippen LogP contribution in [0, 0.1) is 12.1 Å². The molecular weight excluding hydrogens is 677 g/mol. The fraction of sp³-hybridized carbons (Fsp3) is 0.0741. The topological polar surface area (TPSA) is 0 Å². The van der Waals surface area contributed by atoms with Crippen molar-refractivity contribution in [3.8, 4) is 33.4 Å². The largest absolute Gasteiger partial charge is 0.113 e. The van der Waals surface area contributed by atoms with Gasteiger partial charge in [0.15, 0.2) is 0 Å². The zero-order valence-electron chi connectivity index (χ0n) is 31.0. The van der Waals surface area contributed by atoms with Crippen LogP contribution in [-0.2, 0) is 0 Å². The summed E-state index contributed by atoms with van der Waals surface area (Å²) in [5.41, 5.74) is 12.0. The van der Waals surface area contributed by atoms with Gasteiger partial charge in [-0.3, -0.25) is 0 Å². The third-order valence-electron chi connectivity index (χ3n) is 12.5. The lowest BCUT2D eigenvalue weighted by atomic mass is 9.75. The molecule has 258 valence electrons. The quantitative estimate of drug-likeness (QED) is 0.126. The minimum Gasteiger partial charge on any atom is -0.0836 e. The Balaban J connectivity index is 1.24. The molecule has 0 bridgehead atoms. The van der Waals surface area contributed by atoms with E-state index in [9.17, 15) is 0 Å². The molecule has 1 heteroatoms. The van der Waals surface area contributed by atoms with Gasteiger partial charge in [0.05, 0.1) is 0 Å². The highest BCUT2D eigenvalue weighted by Gasteiger charge is 2.38. The summed E-state index contributed by atoms with van der Waals surface area (Å²) in [6.07, 6.45) is 7.91. The second kappa shape index (κ2) is 12.3. The van der Waals surface area contributed by atoms with Crippen LogP contribution in [0.5, 0.6) is 0 Å². The smallest absolute Gasteiger partial charge is 0.0836 e. The van der Waals surface area contributed by atoms with Crippen LogP contribution in [0.1, 0.15) is 23.5 Å². The molecule has 0 fully saturated rings. The molecule has 0 nitrogen and oxygen atoms in total. The van der Waals surface area contributed by atoms with E-state index in [0.29, 0.717) is 0 Å². The van der Waals surface area contributed by atoms with Gasteiger partial charge in [-0.2, -0.15) is 0 Å². The summed E-state index contributed by atoms with van der Waals surface area (Å²) in [6.45, 7) is 5.08. The molecule has 0 radical (unpaired) electrons. The number of fused-ring (bicyclic) bond motifs is 7. The van der Waals surface area contributed by atoms with E-state index in [-0.39, 0.29) is 5.92 Å². The van der Waals surface area contributed by atoms with Gasteiger partial charge in [0.1, 0.15) is 8.07 Å². The first-order valence-corrected chi connectivity index (χ1v) is 22.5. The van der Waals surface area contributed by atoms with Crippen molar-refractivity contribution in [3.05, 3.63) is 199 Å². The lowest BCUT2D eigenvalue weighted by Gasteiger charge is -2.28. The number of allylic oxidation sites excluding steroid dienone is 4. The fourth-order valence-electron chi connectivity index (χ4n) is 9.82. The number of rotatable bonds is 4. The molecule has 0 aromatic heterocycles. The van der Waals surface area contributed by atoms with Crippen molar-refractivity contribution in [2.24, 2.45) is 0 Å². The predicted molar refractivity (Wildman–Crippen MR) is 238 cm³/mol. The summed E-state index contributed by atoms with van der Waals surface area (Å²) in [4.78, 5) is 0. The fourth-order valence-corrected chi connectivity index (χ4v) is 12.9. The molecule has 11 rings (SSSR count). The van der Waals surface area contributed by atoms with Gasteiger partial charge in [-0.05, 0) is 141 Å². The van der Waals surface area contributed by atoms with Crippen molar-refractivity contribution in [3.63, 3.8) is 0 Å². The van der Waals surface area contributed by atoms with Crippen LogP contribution in [0.4, 0.5) is 0 Å². The Bertz CT molecular complexity index is 3100. The number of hydrogen-bond donors (Lipinski definition) is 0. The maximum atomic E-state index is 3.30. The number of benzene rings is 8. The third-order valence-corrected chi connectivity index (χ3v) is 16.0. The molecule has 1 atom stereocenters. The molecule has 55 heavy (non-hydrogen) atoms. The van der Waals surface area contributed by atoms with Crippen LogP contribution in [0.25, 0.3) is 82.0 Å². The Morgan fingerprint density at radius 3 is 2.15 bits per heavy atom. The highest BCUT2D eigenvalue weighted by molar-refractivity contribution is 7.04. The lowest BCUT2D eigenvalue weighted by Crippen LogP contribution is -2.49. The molecule has 2 aliphatic rings. The van der Waals surface area contributed by atoms with Crippen molar-refractivity contribution in [2.45, 2.75) is 25.4 Å². The monoisotopic (exact) mass is 714 g/mol. The summed E-state index contributed by atoms with van der Waals surface area (Å²) < 4.78 is 0. The Kier molecular flexibility index (Phi) is 7.15. The first-order chi connectivity index (χ1) is 27.0. The summed E-state index contributed by atoms with van der Waals surface area (Å²) in [5.74, 6) is 0.179. The average Bonchev–Trinajstić information content (AvgIpc) is 3.46. The van der Waals surface area contributed by atoms with Crippen molar-refractivity contribution < 1.29 is 0 Å². The van der Waals surface area contributed by atoms with Crippen LogP contribution in [-0.4, -0.2) is 8.07 Å². The Morgan fingerprint density at radius 1 is 0.527 bits per heavy atom. The maximum Gasteiger partial charge on any atom is 0.113 e. The van der Waals surface area contributed by atoms with E-state index in [4.69, 9.17) is 0 Å². The molecule has 0 N–H and O–H groups in total. The predicted octanol–water partition coefficient (Wildman–Crippen LogP) is 13.2. The molecule has 0 spiro atoms. The van der Waals surface area contributed by atoms with Gasteiger partial charge in [-0.15, -0.1) is 0 Å².